The lowest BCUT2D eigenvalue weighted by Crippen LogP contribution is -2.42. The van der Waals surface area contributed by atoms with E-state index >= 15 is 0 Å². The van der Waals surface area contributed by atoms with E-state index in [1.165, 1.54) is 37.1 Å². The van der Waals surface area contributed by atoms with Crippen molar-refractivity contribution in [2.24, 2.45) is 0 Å². The van der Waals surface area contributed by atoms with Gasteiger partial charge in [0.25, 0.3) is 0 Å². The van der Waals surface area contributed by atoms with Crippen LogP contribution in [-0.2, 0) is 19.9 Å². The highest BCUT2D eigenvalue weighted by molar-refractivity contribution is 7.91. The van der Waals surface area contributed by atoms with Crippen LogP contribution in [0.5, 0.6) is 0 Å². The molecular formula is C17H26N2O4S2. The van der Waals surface area contributed by atoms with Gasteiger partial charge in [-0.1, -0.05) is 6.92 Å². The molecule has 0 aromatic heterocycles. The number of rotatable bonds is 6. The second-order valence-electron chi connectivity index (χ2n) is 6.79. The Morgan fingerprint density at radius 3 is 2.12 bits per heavy atom. The van der Waals surface area contributed by atoms with Crippen LogP contribution in [0.2, 0.25) is 0 Å². The molecule has 0 aliphatic carbocycles. The van der Waals surface area contributed by atoms with E-state index in [9.17, 15) is 16.8 Å². The molecule has 2 heterocycles. The molecule has 1 unspecified atom stereocenters. The molecule has 8 heteroatoms. The zero-order chi connectivity index (χ0) is 18.1. The summed E-state index contributed by atoms with van der Waals surface area (Å²) >= 11 is 0. The summed E-state index contributed by atoms with van der Waals surface area (Å²) < 4.78 is 51.4. The monoisotopic (exact) mass is 386 g/mol. The lowest BCUT2D eigenvalue weighted by atomic mass is 10.2. The van der Waals surface area contributed by atoms with Crippen molar-refractivity contribution in [1.82, 2.24) is 9.21 Å². The van der Waals surface area contributed by atoms with Crippen molar-refractivity contribution in [3.63, 3.8) is 0 Å². The van der Waals surface area contributed by atoms with Gasteiger partial charge in [-0.25, -0.2) is 16.8 Å². The molecule has 6 nitrogen and oxygen atoms in total. The van der Waals surface area contributed by atoms with Gasteiger partial charge in [-0.2, -0.15) is 4.31 Å². The molecular weight excluding hydrogens is 360 g/mol. The van der Waals surface area contributed by atoms with Gasteiger partial charge in [0, 0.05) is 19.1 Å². The fourth-order valence-corrected chi connectivity index (χ4v) is 6.26. The first-order valence-electron chi connectivity index (χ1n) is 8.91. The predicted octanol–water partition coefficient (Wildman–Crippen LogP) is 1.73. The summed E-state index contributed by atoms with van der Waals surface area (Å²) in [6, 6.07) is 5.66. The topological polar surface area (TPSA) is 74.8 Å². The number of sulfone groups is 1. The second-order valence-corrected chi connectivity index (χ2v) is 11.0. The molecule has 3 rings (SSSR count). The maximum absolute atomic E-state index is 13.0. The molecule has 0 spiro atoms. The molecule has 1 atom stereocenters. The van der Waals surface area contributed by atoms with Crippen molar-refractivity contribution in [2.45, 2.75) is 48.4 Å². The number of likely N-dealkylation sites (tertiary alicyclic amines) is 1. The van der Waals surface area contributed by atoms with Gasteiger partial charge in [-0.05, 0) is 63.0 Å². The maximum atomic E-state index is 13.0. The van der Waals surface area contributed by atoms with Crippen molar-refractivity contribution in [3.8, 4) is 0 Å². The number of hydrogen-bond acceptors (Lipinski definition) is 5. The molecule has 0 amide bonds. The van der Waals surface area contributed by atoms with Crippen LogP contribution in [0, 0.1) is 0 Å². The molecule has 0 bridgehead atoms. The zero-order valence-electron chi connectivity index (χ0n) is 14.6. The lowest BCUT2D eigenvalue weighted by molar-refractivity contribution is 0.257. The Morgan fingerprint density at radius 1 is 0.920 bits per heavy atom. The van der Waals surface area contributed by atoms with Crippen LogP contribution < -0.4 is 0 Å². The van der Waals surface area contributed by atoms with E-state index in [2.05, 4.69) is 4.90 Å². The summed E-state index contributed by atoms with van der Waals surface area (Å²) in [5.74, 6) is 0.00311. The van der Waals surface area contributed by atoms with Crippen molar-refractivity contribution in [3.05, 3.63) is 24.3 Å². The molecule has 0 N–H and O–H groups in total. The van der Waals surface area contributed by atoms with Gasteiger partial charge in [0.1, 0.15) is 0 Å². The molecule has 25 heavy (non-hydrogen) atoms. The van der Waals surface area contributed by atoms with Gasteiger partial charge in [0.15, 0.2) is 9.84 Å². The van der Waals surface area contributed by atoms with Crippen LogP contribution in [0.25, 0.3) is 0 Å². The number of hydrogen-bond donors (Lipinski definition) is 0. The summed E-state index contributed by atoms with van der Waals surface area (Å²) in [6.45, 7) is 5.01. The van der Waals surface area contributed by atoms with E-state index in [1.807, 2.05) is 0 Å². The summed E-state index contributed by atoms with van der Waals surface area (Å²) in [6.07, 6.45) is 4.14. The Morgan fingerprint density at radius 2 is 1.52 bits per heavy atom. The van der Waals surface area contributed by atoms with Gasteiger partial charge in [0.2, 0.25) is 10.0 Å². The Kier molecular flexibility index (Phi) is 5.53. The number of nitrogens with zero attached hydrogens (tertiary/aromatic N) is 2. The Bertz CT molecular complexity index is 798. The van der Waals surface area contributed by atoms with E-state index < -0.39 is 19.9 Å². The largest absolute Gasteiger partial charge is 0.302 e. The normalized spacial score (nSPS) is 23.3. The average Bonchev–Trinajstić information content (AvgIpc) is 3.27. The average molecular weight is 387 g/mol. The predicted molar refractivity (Wildman–Crippen MR) is 96.8 cm³/mol. The minimum atomic E-state index is -3.59. The minimum absolute atomic E-state index is 0.00311. The van der Waals surface area contributed by atoms with Gasteiger partial charge < -0.3 is 4.90 Å². The van der Waals surface area contributed by atoms with Gasteiger partial charge in [0.05, 0.1) is 15.5 Å². The first kappa shape index (κ1) is 18.8. The van der Waals surface area contributed by atoms with Crippen LogP contribution in [0.4, 0.5) is 0 Å². The molecule has 140 valence electrons. The summed E-state index contributed by atoms with van der Waals surface area (Å²) in [5, 5.41) is 0. The highest BCUT2D eigenvalue weighted by Crippen LogP contribution is 2.28. The van der Waals surface area contributed by atoms with Crippen molar-refractivity contribution in [1.29, 1.82) is 0 Å². The van der Waals surface area contributed by atoms with Gasteiger partial charge in [-0.3, -0.25) is 0 Å². The summed E-state index contributed by atoms with van der Waals surface area (Å²) in [5.41, 5.74) is 0. The van der Waals surface area contributed by atoms with Gasteiger partial charge in [-0.15, -0.1) is 0 Å². The third kappa shape index (κ3) is 3.92. The van der Waals surface area contributed by atoms with Crippen LogP contribution in [0.3, 0.4) is 0 Å². The summed E-state index contributed by atoms with van der Waals surface area (Å²) in [7, 11) is -6.91. The van der Waals surface area contributed by atoms with Crippen molar-refractivity contribution < 1.29 is 16.8 Å². The summed E-state index contributed by atoms with van der Waals surface area (Å²) in [4.78, 5) is 2.69. The smallest absolute Gasteiger partial charge is 0.243 e. The standard InChI is InChI=1S/C17H26N2O4S2/c1-2-24(20,21)16-7-9-17(10-8-16)25(22,23)19-13-5-6-15(19)14-18-11-3-4-12-18/h7-10,15H,2-6,11-14H2,1H3. The highest BCUT2D eigenvalue weighted by atomic mass is 32.2. The molecule has 0 radical (unpaired) electrons. The molecule has 2 aliphatic rings. The Hall–Kier alpha value is -0.960. The lowest BCUT2D eigenvalue weighted by Gasteiger charge is -2.28. The van der Waals surface area contributed by atoms with E-state index in [-0.39, 0.29) is 21.6 Å². The Balaban J connectivity index is 1.80. The van der Waals surface area contributed by atoms with Crippen molar-refractivity contribution >= 4 is 19.9 Å². The number of sulfonamides is 1. The number of benzene rings is 1. The molecule has 1 aromatic carbocycles. The fourth-order valence-electron chi connectivity index (χ4n) is 3.69. The van der Waals surface area contributed by atoms with Crippen LogP contribution in [0.15, 0.2) is 34.1 Å². The molecule has 2 aliphatic heterocycles. The maximum Gasteiger partial charge on any atom is 0.243 e. The highest BCUT2D eigenvalue weighted by Gasteiger charge is 2.36. The van der Waals surface area contributed by atoms with Crippen LogP contribution >= 0.6 is 0 Å². The molecule has 2 fully saturated rings. The quantitative estimate of drug-likeness (QED) is 0.744. The molecule has 1 aromatic rings. The molecule has 2 saturated heterocycles. The minimum Gasteiger partial charge on any atom is -0.302 e. The van der Waals surface area contributed by atoms with E-state index in [0.717, 1.165) is 32.5 Å². The van der Waals surface area contributed by atoms with E-state index in [4.69, 9.17) is 0 Å². The van der Waals surface area contributed by atoms with Crippen LogP contribution in [-0.4, -0.2) is 64.0 Å². The van der Waals surface area contributed by atoms with Crippen LogP contribution in [0.1, 0.15) is 32.6 Å². The van der Waals surface area contributed by atoms with E-state index in [1.54, 1.807) is 11.2 Å². The van der Waals surface area contributed by atoms with Crippen molar-refractivity contribution in [2.75, 3.05) is 31.9 Å². The third-order valence-electron chi connectivity index (χ3n) is 5.16. The SMILES string of the molecule is CCS(=O)(=O)c1ccc(S(=O)(=O)N2CCCC2CN2CCCC2)cc1. The third-order valence-corrected chi connectivity index (χ3v) is 8.88. The molecule has 0 saturated carbocycles. The zero-order valence-corrected chi connectivity index (χ0v) is 16.2. The Labute approximate surface area is 150 Å². The first-order valence-corrected chi connectivity index (χ1v) is 12.0. The van der Waals surface area contributed by atoms with Gasteiger partial charge >= 0.3 is 0 Å². The fraction of sp³-hybridized carbons (Fsp3) is 0.647. The second kappa shape index (κ2) is 7.34. The van der Waals surface area contributed by atoms with E-state index in [0.29, 0.717) is 6.54 Å². The first-order chi connectivity index (χ1) is 11.8.